The molecular weight excluding hydrogens is 344 g/mol. The molecule has 0 unspecified atom stereocenters. The van der Waals surface area contributed by atoms with E-state index in [1.54, 1.807) is 0 Å². The van der Waals surface area contributed by atoms with Crippen molar-refractivity contribution in [3.63, 3.8) is 0 Å². The zero-order valence-electron chi connectivity index (χ0n) is 14.8. The van der Waals surface area contributed by atoms with Crippen LogP contribution in [0.2, 0.25) is 5.02 Å². The van der Waals surface area contributed by atoms with Crippen LogP contribution in [0.4, 0.5) is 0 Å². The molecule has 0 amide bonds. The largest absolute Gasteiger partial charge is 0.487 e. The van der Waals surface area contributed by atoms with Gasteiger partial charge >= 0.3 is 0 Å². The summed E-state index contributed by atoms with van der Waals surface area (Å²) in [5.74, 6) is 1.77. The van der Waals surface area contributed by atoms with Crippen LogP contribution in [0.5, 0.6) is 5.75 Å². The number of halogens is 1. The topological polar surface area (TPSA) is 37.9 Å². The van der Waals surface area contributed by atoms with Gasteiger partial charge in [0, 0.05) is 21.9 Å². The third-order valence-electron chi connectivity index (χ3n) is 5.19. The van der Waals surface area contributed by atoms with Gasteiger partial charge in [0.05, 0.1) is 16.1 Å². The Balaban J connectivity index is 1.86. The van der Waals surface area contributed by atoms with E-state index in [2.05, 4.69) is 43.1 Å². The summed E-state index contributed by atoms with van der Waals surface area (Å²) in [6.45, 7) is 4.29. The lowest BCUT2D eigenvalue weighted by atomic mass is 9.91. The molecule has 0 radical (unpaired) electrons. The van der Waals surface area contributed by atoms with E-state index in [1.165, 1.54) is 5.56 Å². The maximum atomic E-state index is 6.40. The number of hydrogen-bond donors (Lipinski definition) is 1. The Morgan fingerprint density at radius 1 is 1.04 bits per heavy atom. The molecule has 1 N–H and O–H groups in total. The molecule has 0 aliphatic carbocycles. The fourth-order valence-corrected chi connectivity index (χ4v) is 4.06. The summed E-state index contributed by atoms with van der Waals surface area (Å²) in [4.78, 5) is 8.45. The minimum atomic E-state index is -0.161. The lowest BCUT2D eigenvalue weighted by Gasteiger charge is -2.33. The van der Waals surface area contributed by atoms with Gasteiger partial charge in [-0.25, -0.2) is 4.98 Å². The number of fused-ring (bicyclic) bond motifs is 6. The van der Waals surface area contributed by atoms with Crippen LogP contribution in [-0.2, 0) is 6.42 Å². The third-order valence-corrected chi connectivity index (χ3v) is 5.52. The van der Waals surface area contributed by atoms with Gasteiger partial charge in [0.1, 0.15) is 17.2 Å². The Labute approximate surface area is 157 Å². The normalized spacial score (nSPS) is 15.8. The first-order valence-corrected chi connectivity index (χ1v) is 9.28. The first-order chi connectivity index (χ1) is 12.5. The average molecular weight is 363 g/mol. The monoisotopic (exact) mass is 362 g/mol. The van der Waals surface area contributed by atoms with Crippen molar-refractivity contribution in [2.24, 2.45) is 0 Å². The van der Waals surface area contributed by atoms with Gasteiger partial charge in [0.25, 0.3) is 0 Å². The molecule has 5 rings (SSSR count). The van der Waals surface area contributed by atoms with Crippen molar-refractivity contribution < 1.29 is 4.74 Å². The number of ether oxygens (including phenoxy) is 1. The van der Waals surface area contributed by atoms with Crippen molar-refractivity contribution in [3.8, 4) is 17.1 Å². The highest BCUT2D eigenvalue weighted by molar-refractivity contribution is 6.33. The second kappa shape index (κ2) is 5.49. The van der Waals surface area contributed by atoms with Crippen molar-refractivity contribution >= 4 is 33.4 Å². The summed E-state index contributed by atoms with van der Waals surface area (Å²) >= 11 is 6.40. The number of aromatic amines is 1. The van der Waals surface area contributed by atoms with Crippen molar-refractivity contribution in [2.75, 3.05) is 0 Å². The number of imidazole rings is 1. The fraction of sp³-hybridized carbons (Fsp3) is 0.227. The van der Waals surface area contributed by atoms with Gasteiger partial charge in [-0.1, -0.05) is 48.0 Å². The van der Waals surface area contributed by atoms with Gasteiger partial charge in [-0.05, 0) is 38.8 Å². The molecule has 4 aromatic rings. The molecule has 1 aromatic heterocycles. The van der Waals surface area contributed by atoms with E-state index in [-0.39, 0.29) is 5.60 Å². The Morgan fingerprint density at radius 3 is 2.58 bits per heavy atom. The molecule has 1 aliphatic heterocycles. The van der Waals surface area contributed by atoms with Crippen LogP contribution < -0.4 is 4.74 Å². The highest BCUT2D eigenvalue weighted by Crippen LogP contribution is 2.44. The lowest BCUT2D eigenvalue weighted by molar-refractivity contribution is 0.0873. The van der Waals surface area contributed by atoms with Crippen molar-refractivity contribution in [1.82, 2.24) is 9.97 Å². The van der Waals surface area contributed by atoms with Crippen molar-refractivity contribution in [1.29, 1.82) is 0 Å². The van der Waals surface area contributed by atoms with Crippen LogP contribution in [0.3, 0.4) is 0 Å². The predicted molar refractivity (Wildman–Crippen MR) is 107 cm³/mol. The number of nitrogens with one attached hydrogen (secondary N) is 1. The van der Waals surface area contributed by atoms with Gasteiger partial charge in [-0.3, -0.25) is 0 Å². The molecule has 0 bridgehead atoms. The highest BCUT2D eigenvalue weighted by atomic mass is 35.5. The second-order valence-electron chi connectivity index (χ2n) is 7.50. The molecule has 0 saturated heterocycles. The maximum absolute atomic E-state index is 6.40. The molecule has 3 aromatic carbocycles. The van der Waals surface area contributed by atoms with Crippen molar-refractivity contribution in [2.45, 2.75) is 32.3 Å². The molecule has 1 aliphatic rings. The van der Waals surface area contributed by atoms with Crippen LogP contribution in [0.1, 0.15) is 25.8 Å². The van der Waals surface area contributed by atoms with Crippen LogP contribution in [0, 0.1) is 0 Å². The SMILES string of the molecule is CC1(C)CCc2c(c3ccccc3c3[nH]c(-c4ccccc4Cl)nc23)O1. The molecule has 0 saturated carbocycles. The van der Waals surface area contributed by atoms with E-state index in [0.29, 0.717) is 5.02 Å². The number of H-pyrrole nitrogens is 1. The quantitative estimate of drug-likeness (QED) is 0.441. The van der Waals surface area contributed by atoms with E-state index >= 15 is 0 Å². The minimum absolute atomic E-state index is 0.161. The highest BCUT2D eigenvalue weighted by Gasteiger charge is 2.31. The summed E-state index contributed by atoms with van der Waals surface area (Å²) in [5, 5.41) is 2.96. The predicted octanol–water partition coefficient (Wildman–Crippen LogP) is 6.14. The number of hydrogen-bond acceptors (Lipinski definition) is 2. The van der Waals surface area contributed by atoms with Crippen LogP contribution >= 0.6 is 11.6 Å². The smallest absolute Gasteiger partial charge is 0.140 e. The van der Waals surface area contributed by atoms with E-state index in [1.807, 2.05) is 24.3 Å². The molecule has 26 heavy (non-hydrogen) atoms. The van der Waals surface area contributed by atoms with E-state index in [9.17, 15) is 0 Å². The molecule has 130 valence electrons. The van der Waals surface area contributed by atoms with E-state index in [0.717, 1.165) is 51.8 Å². The average Bonchev–Trinajstić information content (AvgIpc) is 3.07. The Hall–Kier alpha value is -2.52. The molecule has 0 fully saturated rings. The first kappa shape index (κ1) is 15.7. The Morgan fingerprint density at radius 2 is 1.77 bits per heavy atom. The van der Waals surface area contributed by atoms with Crippen molar-refractivity contribution in [3.05, 3.63) is 59.1 Å². The molecule has 2 heterocycles. The molecule has 0 spiro atoms. The van der Waals surface area contributed by atoms with Gasteiger partial charge in [0.2, 0.25) is 0 Å². The zero-order chi connectivity index (χ0) is 17.9. The van der Waals surface area contributed by atoms with Gasteiger partial charge in [-0.15, -0.1) is 0 Å². The molecule has 3 nitrogen and oxygen atoms in total. The molecule has 4 heteroatoms. The number of benzene rings is 3. The lowest BCUT2D eigenvalue weighted by Crippen LogP contribution is -2.32. The van der Waals surface area contributed by atoms with E-state index < -0.39 is 0 Å². The number of aromatic nitrogens is 2. The summed E-state index contributed by atoms with van der Waals surface area (Å²) in [6, 6.07) is 16.2. The summed E-state index contributed by atoms with van der Waals surface area (Å²) < 4.78 is 6.40. The summed E-state index contributed by atoms with van der Waals surface area (Å²) in [6.07, 6.45) is 1.93. The van der Waals surface area contributed by atoms with Crippen LogP contribution in [0.25, 0.3) is 33.2 Å². The van der Waals surface area contributed by atoms with E-state index in [4.69, 9.17) is 21.3 Å². The summed E-state index contributed by atoms with van der Waals surface area (Å²) in [7, 11) is 0. The summed E-state index contributed by atoms with van der Waals surface area (Å²) in [5.41, 5.74) is 3.99. The molecule has 0 atom stereocenters. The van der Waals surface area contributed by atoms with Gasteiger partial charge < -0.3 is 9.72 Å². The second-order valence-corrected chi connectivity index (χ2v) is 7.91. The zero-order valence-corrected chi connectivity index (χ0v) is 15.5. The van der Waals surface area contributed by atoms with Crippen LogP contribution in [-0.4, -0.2) is 15.6 Å². The number of rotatable bonds is 1. The molecular formula is C22H19ClN2O. The van der Waals surface area contributed by atoms with Crippen LogP contribution in [0.15, 0.2) is 48.5 Å². The Kier molecular flexibility index (Phi) is 3.32. The third kappa shape index (κ3) is 2.31. The number of nitrogens with zero attached hydrogens (tertiary/aromatic N) is 1. The number of aryl methyl sites for hydroxylation is 1. The first-order valence-electron chi connectivity index (χ1n) is 8.91. The minimum Gasteiger partial charge on any atom is -0.487 e. The maximum Gasteiger partial charge on any atom is 0.140 e. The van der Waals surface area contributed by atoms with Gasteiger partial charge in [-0.2, -0.15) is 0 Å². The standard InChI is InChI=1S/C22H19ClN2O/c1-22(2)12-11-16-19-18(13-7-3-4-8-14(13)20(16)26-22)24-21(25-19)15-9-5-6-10-17(15)23/h3-10H,11-12H2,1-2H3,(H,24,25). The fourth-order valence-electron chi connectivity index (χ4n) is 3.84. The Bertz CT molecular complexity index is 1160. The van der Waals surface area contributed by atoms with Gasteiger partial charge in [0.15, 0.2) is 0 Å².